The van der Waals surface area contributed by atoms with Gasteiger partial charge in [-0.3, -0.25) is 14.6 Å². The van der Waals surface area contributed by atoms with E-state index in [4.69, 9.17) is 0 Å². The molecule has 0 spiro atoms. The number of carbonyl (C=O) groups is 1. The second-order valence-corrected chi connectivity index (χ2v) is 6.63. The second-order valence-electron chi connectivity index (χ2n) is 6.63. The Morgan fingerprint density at radius 1 is 1.07 bits per heavy atom. The molecule has 28 heavy (non-hydrogen) atoms. The van der Waals surface area contributed by atoms with Gasteiger partial charge in [0.2, 0.25) is 0 Å². The summed E-state index contributed by atoms with van der Waals surface area (Å²) in [7, 11) is 0. The van der Waals surface area contributed by atoms with E-state index in [9.17, 15) is 14.0 Å². The molecule has 1 aliphatic rings. The highest BCUT2D eigenvalue weighted by Gasteiger charge is 2.32. The van der Waals surface area contributed by atoms with Crippen molar-refractivity contribution in [2.24, 2.45) is 0 Å². The van der Waals surface area contributed by atoms with Crippen molar-refractivity contribution in [2.75, 3.05) is 0 Å². The number of hydrogen-bond acceptors (Lipinski definition) is 4. The van der Waals surface area contributed by atoms with Crippen molar-refractivity contribution < 1.29 is 9.18 Å². The quantitative estimate of drug-likeness (QED) is 0.596. The average Bonchev–Trinajstić information content (AvgIpc) is 3.28. The van der Waals surface area contributed by atoms with E-state index in [2.05, 4.69) is 15.1 Å². The van der Waals surface area contributed by atoms with Gasteiger partial charge in [0.05, 0.1) is 17.8 Å². The molecule has 1 aromatic carbocycles. The van der Waals surface area contributed by atoms with Crippen molar-refractivity contribution >= 4 is 11.6 Å². The molecule has 0 saturated heterocycles. The molecule has 138 valence electrons. The molecule has 0 fully saturated rings. The van der Waals surface area contributed by atoms with Crippen molar-refractivity contribution in [3.8, 4) is 11.3 Å². The molecular weight excluding hydrogens is 361 g/mol. The van der Waals surface area contributed by atoms with Crippen LogP contribution in [0.3, 0.4) is 0 Å². The average molecular weight is 375 g/mol. The van der Waals surface area contributed by atoms with Crippen molar-refractivity contribution in [3.05, 3.63) is 87.9 Å². The van der Waals surface area contributed by atoms with Crippen molar-refractivity contribution in [1.29, 1.82) is 0 Å². The van der Waals surface area contributed by atoms with Gasteiger partial charge in [0.1, 0.15) is 17.2 Å². The molecule has 0 atom stereocenters. The van der Waals surface area contributed by atoms with Crippen LogP contribution in [0.5, 0.6) is 0 Å². The maximum atomic E-state index is 13.1. The van der Waals surface area contributed by atoms with E-state index in [1.807, 2.05) is 0 Å². The maximum Gasteiger partial charge on any atom is 0.280 e. The third-order valence-corrected chi connectivity index (χ3v) is 4.83. The number of amides is 1. The lowest BCUT2D eigenvalue weighted by Crippen LogP contribution is -2.23. The highest BCUT2D eigenvalue weighted by Crippen LogP contribution is 2.23. The number of nitrogens with one attached hydrogen (secondary N) is 1. The zero-order chi connectivity index (χ0) is 19.3. The standard InChI is InChI=1S/C20H14FN5O2/c21-14-3-1-12(2-4-14)10-25-11-15-18(20(25)28)23-17-9-16(24-26(17)19(15)27)13-5-7-22-8-6-13/h1-9,23H,10-11H2. The van der Waals surface area contributed by atoms with E-state index in [1.54, 1.807) is 47.6 Å². The topological polar surface area (TPSA) is 83.4 Å². The third-order valence-electron chi connectivity index (χ3n) is 4.83. The summed E-state index contributed by atoms with van der Waals surface area (Å²) in [5, 5.41) is 4.38. The van der Waals surface area contributed by atoms with Crippen LogP contribution in [0.2, 0.25) is 0 Å². The summed E-state index contributed by atoms with van der Waals surface area (Å²) in [5.74, 6) is -0.591. The monoisotopic (exact) mass is 375 g/mol. The van der Waals surface area contributed by atoms with E-state index < -0.39 is 0 Å². The van der Waals surface area contributed by atoms with E-state index >= 15 is 0 Å². The lowest BCUT2D eigenvalue weighted by Gasteiger charge is -2.15. The first-order chi connectivity index (χ1) is 13.6. The fraction of sp³-hybridized carbons (Fsp3) is 0.100. The number of carbonyl (C=O) groups excluding carboxylic acids is 1. The van der Waals surface area contributed by atoms with E-state index in [0.29, 0.717) is 23.4 Å². The first-order valence-corrected chi connectivity index (χ1v) is 8.69. The van der Waals surface area contributed by atoms with Gasteiger partial charge in [-0.15, -0.1) is 0 Å². The number of pyridine rings is 1. The smallest absolute Gasteiger partial charge is 0.280 e. The van der Waals surface area contributed by atoms with Crippen LogP contribution in [0.1, 0.15) is 21.6 Å². The van der Waals surface area contributed by atoms with Gasteiger partial charge in [-0.05, 0) is 29.8 Å². The molecule has 0 unspecified atom stereocenters. The summed E-state index contributed by atoms with van der Waals surface area (Å²) in [6.45, 7) is 0.479. The lowest BCUT2D eigenvalue weighted by molar-refractivity contribution is 0.0762. The van der Waals surface area contributed by atoms with Gasteiger partial charge in [0.25, 0.3) is 11.5 Å². The minimum Gasteiger partial charge on any atom is -0.335 e. The normalized spacial score (nSPS) is 13.3. The molecule has 1 amide bonds. The van der Waals surface area contributed by atoms with Crippen molar-refractivity contribution in [2.45, 2.75) is 13.1 Å². The molecule has 0 aliphatic carbocycles. The molecule has 3 aromatic heterocycles. The first-order valence-electron chi connectivity index (χ1n) is 8.69. The summed E-state index contributed by atoms with van der Waals surface area (Å²) in [6.07, 6.45) is 3.30. The molecular formula is C20H14FN5O2. The Kier molecular flexibility index (Phi) is 3.58. The number of fused-ring (bicyclic) bond motifs is 2. The number of aromatic nitrogens is 4. The van der Waals surface area contributed by atoms with Crippen molar-refractivity contribution in [1.82, 2.24) is 24.5 Å². The molecule has 1 aliphatic heterocycles. The molecule has 8 heteroatoms. The van der Waals surface area contributed by atoms with E-state index in [0.717, 1.165) is 11.1 Å². The van der Waals surface area contributed by atoms with Crippen LogP contribution >= 0.6 is 0 Å². The van der Waals surface area contributed by atoms with Crippen molar-refractivity contribution in [3.63, 3.8) is 0 Å². The maximum absolute atomic E-state index is 13.1. The molecule has 4 heterocycles. The summed E-state index contributed by atoms with van der Waals surface area (Å²) >= 11 is 0. The number of benzene rings is 1. The number of nitrogens with zero attached hydrogens (tertiary/aromatic N) is 4. The minimum atomic E-state index is -0.332. The van der Waals surface area contributed by atoms with Gasteiger partial charge < -0.3 is 9.88 Å². The molecule has 0 saturated carbocycles. The zero-order valence-corrected chi connectivity index (χ0v) is 14.6. The Morgan fingerprint density at radius 3 is 2.57 bits per heavy atom. The van der Waals surface area contributed by atoms with Crippen LogP contribution in [0.25, 0.3) is 16.9 Å². The van der Waals surface area contributed by atoms with Crippen LogP contribution in [0.15, 0.2) is 59.7 Å². The zero-order valence-electron chi connectivity index (χ0n) is 14.6. The number of rotatable bonds is 3. The number of H-pyrrole nitrogens is 1. The predicted octanol–water partition coefficient (Wildman–Crippen LogP) is 2.38. The fourth-order valence-corrected chi connectivity index (χ4v) is 3.41. The van der Waals surface area contributed by atoms with Gasteiger partial charge in [0.15, 0.2) is 0 Å². The molecule has 7 nitrogen and oxygen atoms in total. The van der Waals surface area contributed by atoms with E-state index in [1.165, 1.54) is 16.6 Å². The van der Waals surface area contributed by atoms with E-state index in [-0.39, 0.29) is 29.5 Å². The number of hydrogen-bond donors (Lipinski definition) is 1. The Labute approximate surface area is 158 Å². The van der Waals surface area contributed by atoms with Crippen LogP contribution in [-0.2, 0) is 13.1 Å². The molecule has 0 radical (unpaired) electrons. The third kappa shape index (κ3) is 2.58. The predicted molar refractivity (Wildman–Crippen MR) is 99.0 cm³/mol. The van der Waals surface area contributed by atoms with Crippen LogP contribution in [0.4, 0.5) is 4.39 Å². The van der Waals surface area contributed by atoms with Crippen LogP contribution < -0.4 is 5.56 Å². The Bertz CT molecular complexity index is 1260. The van der Waals surface area contributed by atoms with Gasteiger partial charge in [-0.25, -0.2) is 4.39 Å². The highest BCUT2D eigenvalue weighted by molar-refractivity contribution is 5.96. The largest absolute Gasteiger partial charge is 0.335 e. The summed E-state index contributed by atoms with van der Waals surface area (Å²) in [5.41, 5.74) is 3.03. The fourth-order valence-electron chi connectivity index (χ4n) is 3.41. The van der Waals surface area contributed by atoms with Crippen LogP contribution in [-0.4, -0.2) is 30.4 Å². The Balaban J connectivity index is 1.52. The first kappa shape index (κ1) is 16.4. The second kappa shape index (κ2) is 6.12. The number of halogens is 1. The lowest BCUT2D eigenvalue weighted by atomic mass is 10.2. The summed E-state index contributed by atoms with van der Waals surface area (Å²) < 4.78 is 14.4. The minimum absolute atomic E-state index is 0.182. The molecule has 1 N–H and O–H groups in total. The Morgan fingerprint density at radius 2 is 1.82 bits per heavy atom. The van der Waals surface area contributed by atoms with Gasteiger partial charge in [-0.1, -0.05) is 12.1 Å². The Hall–Kier alpha value is -3.81. The molecule has 4 aromatic rings. The summed E-state index contributed by atoms with van der Waals surface area (Å²) in [4.78, 5) is 34.3. The molecule has 0 bridgehead atoms. The molecule has 5 rings (SSSR count). The number of aromatic amines is 1. The van der Waals surface area contributed by atoms with Gasteiger partial charge in [0, 0.05) is 30.6 Å². The summed E-state index contributed by atoms with van der Waals surface area (Å²) in [6, 6.07) is 11.3. The van der Waals surface area contributed by atoms with Crippen LogP contribution in [0, 0.1) is 5.82 Å². The van der Waals surface area contributed by atoms with Gasteiger partial charge >= 0.3 is 0 Å². The highest BCUT2D eigenvalue weighted by atomic mass is 19.1. The van der Waals surface area contributed by atoms with Gasteiger partial charge in [-0.2, -0.15) is 9.61 Å². The SMILES string of the molecule is O=C1c2[nH]c3cc(-c4ccncc4)nn3c(=O)c2CN1Cc1ccc(F)cc1.